The third-order valence-electron chi connectivity index (χ3n) is 5.29. The number of hydrogen-bond acceptors (Lipinski definition) is 5. The minimum absolute atomic E-state index is 0.0166. The Kier molecular flexibility index (Phi) is 6.13. The summed E-state index contributed by atoms with van der Waals surface area (Å²) in [7, 11) is -8.19. The van der Waals surface area contributed by atoms with Crippen LogP contribution < -0.4 is 9.44 Å². The van der Waals surface area contributed by atoms with Gasteiger partial charge in [-0.25, -0.2) is 8.42 Å². The van der Waals surface area contributed by atoms with E-state index in [0.29, 0.717) is 5.56 Å². The topological polar surface area (TPSA) is 105 Å². The molecule has 10 heteroatoms. The normalized spacial score (nSPS) is 13.4. The molecule has 1 heterocycles. The summed E-state index contributed by atoms with van der Waals surface area (Å²) < 4.78 is 62.1. The van der Waals surface area contributed by atoms with E-state index in [1.54, 1.807) is 12.1 Å². The van der Waals surface area contributed by atoms with Crippen molar-refractivity contribution in [3.05, 3.63) is 83.1 Å². The predicted molar refractivity (Wildman–Crippen MR) is 130 cm³/mol. The summed E-state index contributed by atoms with van der Waals surface area (Å²) in [6.07, 6.45) is 5.55. The number of aryl methyl sites for hydroxylation is 2. The second-order valence-electron chi connectivity index (χ2n) is 7.48. The van der Waals surface area contributed by atoms with Gasteiger partial charge in [0.25, 0.3) is 20.0 Å². The number of rotatable bonds is 8. The fourth-order valence-electron chi connectivity index (χ4n) is 3.65. The zero-order chi connectivity index (χ0) is 23.8. The second-order valence-corrected chi connectivity index (χ2v) is 11.2. The van der Waals surface area contributed by atoms with Crippen molar-refractivity contribution in [3.63, 3.8) is 0 Å². The van der Waals surface area contributed by atoms with Crippen LogP contribution >= 0.6 is 11.6 Å². The number of anilines is 2. The standard InChI is InChI=1S/C23H21ClN2O5S2/c1-3-15-13-23(31-22(15)4-2)33(29,30)26-21-14-18(24)9-11-20(21)25-32(27,28)19-10-8-16-6-5-7-17(16)12-19/h3-4,8-14,25-26H,1-2,5-7H2. The third-order valence-corrected chi connectivity index (χ3v) is 8.11. The highest BCUT2D eigenvalue weighted by atomic mass is 35.5. The first-order valence-electron chi connectivity index (χ1n) is 9.98. The predicted octanol–water partition coefficient (Wildman–Crippen LogP) is 5.31. The summed E-state index contributed by atoms with van der Waals surface area (Å²) >= 11 is 6.06. The lowest BCUT2D eigenvalue weighted by Gasteiger charge is -2.15. The quantitative estimate of drug-likeness (QED) is 0.432. The highest BCUT2D eigenvalue weighted by molar-refractivity contribution is 7.93. The fourth-order valence-corrected chi connectivity index (χ4v) is 5.99. The number of furan rings is 1. The number of benzene rings is 2. The largest absolute Gasteiger partial charge is 0.443 e. The van der Waals surface area contributed by atoms with Crippen molar-refractivity contribution in [2.75, 3.05) is 9.44 Å². The maximum atomic E-state index is 13.0. The molecule has 1 aliphatic carbocycles. The smallest absolute Gasteiger partial charge is 0.295 e. The molecule has 0 fully saturated rings. The highest BCUT2D eigenvalue weighted by Gasteiger charge is 2.24. The van der Waals surface area contributed by atoms with Gasteiger partial charge in [0.2, 0.25) is 5.09 Å². The van der Waals surface area contributed by atoms with Crippen LogP contribution in [0.2, 0.25) is 5.02 Å². The monoisotopic (exact) mass is 504 g/mol. The molecule has 0 saturated heterocycles. The molecule has 7 nitrogen and oxygen atoms in total. The van der Waals surface area contributed by atoms with Crippen LogP contribution in [0.1, 0.15) is 28.9 Å². The summed E-state index contributed by atoms with van der Waals surface area (Å²) in [5.74, 6) is 0.244. The molecule has 0 amide bonds. The summed E-state index contributed by atoms with van der Waals surface area (Å²) in [6, 6.07) is 10.5. The SMILES string of the molecule is C=Cc1cc(S(=O)(=O)Nc2cc(Cl)ccc2NS(=O)(=O)c2ccc3c(c2)CCC3)oc1C=C. The minimum atomic E-state index is -4.21. The van der Waals surface area contributed by atoms with Gasteiger partial charge in [0, 0.05) is 16.7 Å². The molecule has 3 aromatic rings. The number of hydrogen-bond donors (Lipinski definition) is 2. The summed E-state index contributed by atoms with van der Waals surface area (Å²) in [5.41, 5.74) is 2.56. The van der Waals surface area contributed by atoms with E-state index < -0.39 is 20.0 Å². The van der Waals surface area contributed by atoms with Gasteiger partial charge in [-0.2, -0.15) is 8.42 Å². The molecule has 1 aliphatic rings. The Morgan fingerprint density at radius 2 is 1.58 bits per heavy atom. The van der Waals surface area contributed by atoms with Gasteiger partial charge in [0.15, 0.2) is 0 Å². The Balaban J connectivity index is 1.67. The Morgan fingerprint density at radius 3 is 2.27 bits per heavy atom. The van der Waals surface area contributed by atoms with Crippen LogP contribution in [0.3, 0.4) is 0 Å². The van der Waals surface area contributed by atoms with E-state index in [-0.39, 0.29) is 32.1 Å². The molecule has 0 saturated carbocycles. The molecular weight excluding hydrogens is 484 g/mol. The Labute approximate surface area is 197 Å². The average molecular weight is 505 g/mol. The van der Waals surface area contributed by atoms with Crippen molar-refractivity contribution in [2.45, 2.75) is 29.3 Å². The first-order valence-corrected chi connectivity index (χ1v) is 13.3. The van der Waals surface area contributed by atoms with E-state index in [4.69, 9.17) is 16.0 Å². The van der Waals surface area contributed by atoms with Crippen molar-refractivity contribution in [3.8, 4) is 0 Å². The van der Waals surface area contributed by atoms with E-state index in [9.17, 15) is 16.8 Å². The van der Waals surface area contributed by atoms with E-state index in [1.165, 1.54) is 36.4 Å². The molecular formula is C23H21ClN2O5S2. The van der Waals surface area contributed by atoms with Gasteiger partial charge in [0.05, 0.1) is 16.3 Å². The van der Waals surface area contributed by atoms with Gasteiger partial charge in [-0.3, -0.25) is 9.44 Å². The Bertz CT molecular complexity index is 1450. The van der Waals surface area contributed by atoms with Crippen molar-refractivity contribution >= 4 is 55.2 Å². The fraction of sp³-hybridized carbons (Fsp3) is 0.130. The Hall–Kier alpha value is -3.01. The first-order chi connectivity index (χ1) is 15.6. The lowest BCUT2D eigenvalue weighted by Crippen LogP contribution is -2.17. The van der Waals surface area contributed by atoms with Gasteiger partial charge in [-0.1, -0.05) is 36.9 Å². The summed E-state index contributed by atoms with van der Waals surface area (Å²) in [5, 5.41) is -0.161. The zero-order valence-corrected chi connectivity index (χ0v) is 19.9. The molecule has 0 aliphatic heterocycles. The van der Waals surface area contributed by atoms with Gasteiger partial charge >= 0.3 is 0 Å². The number of sulfonamides is 2. The second kappa shape index (κ2) is 8.74. The number of halogens is 1. The van der Waals surface area contributed by atoms with Gasteiger partial charge in [-0.15, -0.1) is 0 Å². The van der Waals surface area contributed by atoms with Crippen LogP contribution in [0.4, 0.5) is 11.4 Å². The van der Waals surface area contributed by atoms with Crippen LogP contribution in [0.5, 0.6) is 0 Å². The molecule has 0 spiro atoms. The van der Waals surface area contributed by atoms with Crippen molar-refractivity contribution in [1.29, 1.82) is 0 Å². The van der Waals surface area contributed by atoms with Crippen LogP contribution in [0.15, 0.2) is 70.0 Å². The average Bonchev–Trinajstić information content (AvgIpc) is 3.41. The van der Waals surface area contributed by atoms with E-state index in [0.717, 1.165) is 30.4 Å². The van der Waals surface area contributed by atoms with E-state index in [1.807, 2.05) is 6.07 Å². The molecule has 4 rings (SSSR count). The molecule has 2 N–H and O–H groups in total. The molecule has 172 valence electrons. The van der Waals surface area contributed by atoms with Gasteiger partial charge in [-0.05, 0) is 66.8 Å². The Morgan fingerprint density at radius 1 is 0.848 bits per heavy atom. The molecule has 0 unspecified atom stereocenters. The maximum Gasteiger partial charge on any atom is 0.295 e. The van der Waals surface area contributed by atoms with Crippen LogP contribution in [0.25, 0.3) is 12.2 Å². The molecule has 1 aromatic heterocycles. The van der Waals surface area contributed by atoms with Crippen molar-refractivity contribution in [1.82, 2.24) is 0 Å². The van der Waals surface area contributed by atoms with Gasteiger partial charge in [0.1, 0.15) is 5.76 Å². The molecule has 0 bridgehead atoms. The van der Waals surface area contributed by atoms with E-state index in [2.05, 4.69) is 22.6 Å². The molecule has 0 radical (unpaired) electrons. The lowest BCUT2D eigenvalue weighted by atomic mass is 10.1. The third kappa shape index (κ3) is 4.71. The van der Waals surface area contributed by atoms with E-state index >= 15 is 0 Å². The summed E-state index contributed by atoms with van der Waals surface area (Å²) in [4.78, 5) is 0.101. The number of fused-ring (bicyclic) bond motifs is 1. The van der Waals surface area contributed by atoms with Crippen LogP contribution in [-0.4, -0.2) is 16.8 Å². The highest BCUT2D eigenvalue weighted by Crippen LogP contribution is 2.32. The van der Waals surface area contributed by atoms with Gasteiger partial charge < -0.3 is 4.42 Å². The molecule has 33 heavy (non-hydrogen) atoms. The van der Waals surface area contributed by atoms with Crippen molar-refractivity contribution in [2.24, 2.45) is 0 Å². The van der Waals surface area contributed by atoms with Crippen molar-refractivity contribution < 1.29 is 21.3 Å². The zero-order valence-electron chi connectivity index (χ0n) is 17.5. The summed E-state index contributed by atoms with van der Waals surface area (Å²) in [6.45, 7) is 7.20. The number of nitrogens with one attached hydrogen (secondary N) is 2. The first kappa shape index (κ1) is 23.2. The molecule has 0 atom stereocenters. The minimum Gasteiger partial charge on any atom is -0.443 e. The van der Waals surface area contributed by atoms with Crippen LogP contribution in [0, 0.1) is 0 Å². The lowest BCUT2D eigenvalue weighted by molar-refractivity contribution is 0.445. The molecule has 2 aromatic carbocycles. The maximum absolute atomic E-state index is 13.0. The van der Waals surface area contributed by atoms with Crippen LogP contribution in [-0.2, 0) is 32.9 Å².